The van der Waals surface area contributed by atoms with Gasteiger partial charge in [0.15, 0.2) is 5.78 Å². The largest absolute Gasteiger partial charge is 0.300 e. The number of unbranched alkanes of at least 4 members (excludes halogenated alkanes) is 8. The van der Waals surface area contributed by atoms with E-state index in [0.29, 0.717) is 17.5 Å². The second kappa shape index (κ2) is 15.3. The summed E-state index contributed by atoms with van der Waals surface area (Å²) in [4.78, 5) is 22.0. The van der Waals surface area contributed by atoms with E-state index in [-0.39, 0.29) is 0 Å². The summed E-state index contributed by atoms with van der Waals surface area (Å²) >= 11 is 0. The minimum absolute atomic E-state index is 0.341. The first-order valence-corrected chi connectivity index (χ1v) is 10.6. The van der Waals surface area contributed by atoms with Crippen LogP contribution in [0.25, 0.3) is 0 Å². The summed E-state index contributed by atoms with van der Waals surface area (Å²) in [6.45, 7) is 10.2. The fourth-order valence-electron chi connectivity index (χ4n) is 3.29. The van der Waals surface area contributed by atoms with Crippen molar-refractivity contribution in [3.63, 3.8) is 0 Å². The third-order valence-electron chi connectivity index (χ3n) is 4.99. The normalized spacial score (nSPS) is 17.1. The Morgan fingerprint density at radius 2 is 1.44 bits per heavy atom. The predicted octanol–water partition coefficient (Wildman–Crippen LogP) is 7.21. The fraction of sp³-hybridized carbons (Fsp3) is 0.826. The molecule has 25 heavy (non-hydrogen) atoms. The highest BCUT2D eigenvalue weighted by Gasteiger charge is 2.20. The molecule has 0 amide bonds. The van der Waals surface area contributed by atoms with E-state index in [1.165, 1.54) is 63.4 Å². The summed E-state index contributed by atoms with van der Waals surface area (Å²) in [7, 11) is 0. The third-order valence-corrected chi connectivity index (χ3v) is 4.99. The first-order chi connectivity index (χ1) is 11.9. The van der Waals surface area contributed by atoms with Gasteiger partial charge in [-0.1, -0.05) is 70.8 Å². The van der Waals surface area contributed by atoms with E-state index < -0.39 is 0 Å². The molecular weight excluding hydrogens is 308 g/mol. The van der Waals surface area contributed by atoms with Crippen molar-refractivity contribution in [3.05, 3.63) is 11.1 Å². The Balaban J connectivity index is 0.000000472. The first kappa shape index (κ1) is 24.1. The van der Waals surface area contributed by atoms with Gasteiger partial charge in [0.2, 0.25) is 0 Å². The van der Waals surface area contributed by atoms with Crippen molar-refractivity contribution in [2.75, 3.05) is 0 Å². The van der Waals surface area contributed by atoms with Crippen LogP contribution in [0.15, 0.2) is 11.1 Å². The minimum Gasteiger partial charge on any atom is -0.300 e. The molecule has 0 N–H and O–H groups in total. The van der Waals surface area contributed by atoms with E-state index in [0.717, 1.165) is 31.3 Å². The Labute approximate surface area is 156 Å². The molecule has 0 aromatic carbocycles. The monoisotopic (exact) mass is 350 g/mol. The molecule has 2 heteroatoms. The van der Waals surface area contributed by atoms with Crippen LogP contribution in [0.1, 0.15) is 118 Å². The second-order valence-corrected chi connectivity index (χ2v) is 8.03. The topological polar surface area (TPSA) is 34.1 Å². The molecule has 0 aromatic rings. The molecule has 0 spiro atoms. The Kier molecular flexibility index (Phi) is 14.8. The second-order valence-electron chi connectivity index (χ2n) is 8.03. The van der Waals surface area contributed by atoms with Gasteiger partial charge in [-0.05, 0) is 51.5 Å². The molecule has 0 heterocycles. The van der Waals surface area contributed by atoms with E-state index >= 15 is 0 Å². The van der Waals surface area contributed by atoms with Gasteiger partial charge in [0.1, 0.15) is 5.78 Å². The Morgan fingerprint density at radius 1 is 0.920 bits per heavy atom. The van der Waals surface area contributed by atoms with Crippen LogP contribution in [0.5, 0.6) is 0 Å². The average Bonchev–Trinajstić information content (AvgIpc) is 2.53. The van der Waals surface area contributed by atoms with E-state index in [2.05, 4.69) is 13.8 Å². The summed E-state index contributed by atoms with van der Waals surface area (Å²) in [5.41, 5.74) is 2.30. The summed E-state index contributed by atoms with van der Waals surface area (Å²) in [6.07, 6.45) is 15.7. The number of allylic oxidation sites excluding steroid dienone is 2. The lowest BCUT2D eigenvalue weighted by Gasteiger charge is -2.19. The van der Waals surface area contributed by atoms with Crippen molar-refractivity contribution in [3.8, 4) is 0 Å². The zero-order chi connectivity index (χ0) is 19.1. The maximum absolute atomic E-state index is 11.4. The number of Topliss-reactive ketones (excluding diaryl/α,β-unsaturated/α-hetero) is 2. The Hall–Kier alpha value is -0.920. The maximum Gasteiger partial charge on any atom is 0.159 e. The van der Waals surface area contributed by atoms with Gasteiger partial charge in [0, 0.05) is 12.8 Å². The standard InChI is InChI=1S/C13H26O.C10H16O/c1-3-4-5-6-7-8-9-10-11-12-13(2)14;1-7(2)9-5-4-8(3)6-10(9)11/h3-12H2,1-2H3;8H,4-6H2,1-3H3/t;8-/m.1/s1. The van der Waals surface area contributed by atoms with Crippen molar-refractivity contribution in [1.82, 2.24) is 0 Å². The Bertz CT molecular complexity index is 402. The van der Waals surface area contributed by atoms with Gasteiger partial charge in [0.05, 0.1) is 0 Å². The van der Waals surface area contributed by atoms with Crippen molar-refractivity contribution < 1.29 is 9.59 Å². The van der Waals surface area contributed by atoms with Gasteiger partial charge in [-0.15, -0.1) is 0 Å². The molecular formula is C23H42O2. The van der Waals surface area contributed by atoms with Crippen LogP contribution in [0.2, 0.25) is 0 Å². The van der Waals surface area contributed by atoms with E-state index in [1.54, 1.807) is 6.92 Å². The van der Waals surface area contributed by atoms with Crippen molar-refractivity contribution in [2.24, 2.45) is 5.92 Å². The SMILES string of the molecule is CC(C)=C1CC[C@@H](C)CC1=O.CCCCCCCCCCCC(C)=O. The number of ketones is 2. The minimum atomic E-state index is 0.341. The molecule has 1 atom stereocenters. The zero-order valence-electron chi connectivity index (χ0n) is 17.6. The lowest BCUT2D eigenvalue weighted by molar-refractivity contribution is -0.118. The molecule has 2 nitrogen and oxygen atoms in total. The average molecular weight is 351 g/mol. The van der Waals surface area contributed by atoms with Gasteiger partial charge >= 0.3 is 0 Å². The van der Waals surface area contributed by atoms with Gasteiger partial charge in [-0.3, -0.25) is 4.79 Å². The van der Waals surface area contributed by atoms with Crippen LogP contribution in [0, 0.1) is 5.92 Å². The lowest BCUT2D eigenvalue weighted by Crippen LogP contribution is -2.16. The molecule has 0 aromatic heterocycles. The van der Waals surface area contributed by atoms with Gasteiger partial charge < -0.3 is 4.79 Å². The van der Waals surface area contributed by atoms with Crippen molar-refractivity contribution in [2.45, 2.75) is 118 Å². The highest BCUT2D eigenvalue weighted by Crippen LogP contribution is 2.26. The van der Waals surface area contributed by atoms with Crippen LogP contribution in [0.3, 0.4) is 0 Å². The first-order valence-electron chi connectivity index (χ1n) is 10.6. The molecule has 0 saturated heterocycles. The van der Waals surface area contributed by atoms with Crippen LogP contribution >= 0.6 is 0 Å². The van der Waals surface area contributed by atoms with Gasteiger partial charge in [0.25, 0.3) is 0 Å². The Morgan fingerprint density at radius 3 is 1.88 bits per heavy atom. The summed E-state index contributed by atoms with van der Waals surface area (Å²) in [6, 6.07) is 0. The molecule has 146 valence electrons. The molecule has 0 aliphatic heterocycles. The molecule has 1 fully saturated rings. The van der Waals surface area contributed by atoms with Crippen LogP contribution in [0.4, 0.5) is 0 Å². The number of hydrogen-bond donors (Lipinski definition) is 0. The summed E-state index contributed by atoms with van der Waals surface area (Å²) < 4.78 is 0. The smallest absolute Gasteiger partial charge is 0.159 e. The molecule has 1 saturated carbocycles. The molecule has 1 aliphatic carbocycles. The predicted molar refractivity (Wildman–Crippen MR) is 109 cm³/mol. The van der Waals surface area contributed by atoms with Gasteiger partial charge in [-0.2, -0.15) is 0 Å². The summed E-state index contributed by atoms with van der Waals surface area (Å²) in [5.74, 6) is 1.32. The quantitative estimate of drug-likeness (QED) is 0.308. The van der Waals surface area contributed by atoms with E-state index in [4.69, 9.17) is 0 Å². The molecule has 0 radical (unpaired) electrons. The third kappa shape index (κ3) is 14.0. The zero-order valence-corrected chi connectivity index (χ0v) is 17.6. The van der Waals surface area contributed by atoms with E-state index in [1.807, 2.05) is 13.8 Å². The number of rotatable bonds is 10. The van der Waals surface area contributed by atoms with Crippen LogP contribution in [-0.4, -0.2) is 11.6 Å². The molecule has 1 rings (SSSR count). The van der Waals surface area contributed by atoms with Crippen molar-refractivity contribution >= 4 is 11.6 Å². The molecule has 1 aliphatic rings. The lowest BCUT2D eigenvalue weighted by atomic mass is 9.84. The molecule has 0 bridgehead atoms. The maximum atomic E-state index is 11.4. The number of carbonyl (C=O) groups is 2. The van der Waals surface area contributed by atoms with Crippen molar-refractivity contribution in [1.29, 1.82) is 0 Å². The van der Waals surface area contributed by atoms with Gasteiger partial charge in [-0.25, -0.2) is 0 Å². The van der Waals surface area contributed by atoms with Crippen LogP contribution < -0.4 is 0 Å². The summed E-state index contributed by atoms with van der Waals surface area (Å²) in [5, 5.41) is 0. The molecule has 0 unspecified atom stereocenters. The number of carbonyl (C=O) groups excluding carboxylic acids is 2. The number of hydrogen-bond acceptors (Lipinski definition) is 2. The van der Waals surface area contributed by atoms with Crippen LogP contribution in [-0.2, 0) is 9.59 Å². The fourth-order valence-corrected chi connectivity index (χ4v) is 3.29. The van der Waals surface area contributed by atoms with E-state index in [9.17, 15) is 9.59 Å². The highest BCUT2D eigenvalue weighted by atomic mass is 16.1. The highest BCUT2D eigenvalue weighted by molar-refractivity contribution is 5.96.